The number of quaternary nitrogens is 1. The minimum Gasteiger partial charge on any atom is -0.250 e. The molecule has 0 saturated carbocycles. The molecule has 4 heteroatoms. The molecule has 0 saturated heterocycles. The van der Waals surface area contributed by atoms with Crippen LogP contribution in [-0.2, 0) is 14.7 Å². The van der Waals surface area contributed by atoms with Crippen molar-refractivity contribution in [3.05, 3.63) is 0 Å². The van der Waals surface area contributed by atoms with Gasteiger partial charge in [-0.25, -0.2) is 4.79 Å². The number of carbonyl (C=O) groups excluding carboxylic acids is 1. The van der Waals surface area contributed by atoms with Crippen LogP contribution in [0.15, 0.2) is 0 Å². The molecule has 4 nitrogen and oxygen atoms in total. The largest absolute Gasteiger partial charge is 0.348 e. The van der Waals surface area contributed by atoms with E-state index < -0.39 is 0 Å². The lowest BCUT2D eigenvalue weighted by atomic mass is 9.87. The van der Waals surface area contributed by atoms with Crippen LogP contribution in [0.2, 0.25) is 0 Å². The van der Waals surface area contributed by atoms with Gasteiger partial charge in [-0.05, 0) is 5.41 Å². The molecule has 0 amide bonds. The van der Waals surface area contributed by atoms with Crippen molar-refractivity contribution in [1.82, 2.24) is 0 Å². The number of carbonyl (C=O) groups is 1. The van der Waals surface area contributed by atoms with E-state index in [1.165, 1.54) is 0 Å². The Hall–Kier alpha value is -0.610. The van der Waals surface area contributed by atoms with Gasteiger partial charge in [-0.1, -0.05) is 27.2 Å². The van der Waals surface area contributed by atoms with Crippen LogP contribution in [0, 0.1) is 5.41 Å². The Bertz CT molecular complexity index is 194. The average molecular weight is 204 g/mol. The van der Waals surface area contributed by atoms with Crippen LogP contribution < -0.4 is 0 Å². The first-order valence-corrected chi connectivity index (χ1v) is 4.87. The third kappa shape index (κ3) is 6.86. The highest BCUT2D eigenvalue weighted by Crippen LogP contribution is 2.24. The van der Waals surface area contributed by atoms with Crippen LogP contribution in [0.25, 0.3) is 0 Å². The zero-order valence-electron chi connectivity index (χ0n) is 10.1. The van der Waals surface area contributed by atoms with E-state index in [1.54, 1.807) is 21.1 Å². The van der Waals surface area contributed by atoms with E-state index in [4.69, 9.17) is 4.99 Å². The van der Waals surface area contributed by atoms with E-state index in [0.29, 0.717) is 6.42 Å². The monoisotopic (exact) mass is 204 g/mol. The number of hydroxylamine groups is 3. The molecule has 0 aromatic carbocycles. The van der Waals surface area contributed by atoms with Crippen molar-refractivity contribution in [3.8, 4) is 0 Å². The van der Waals surface area contributed by atoms with E-state index in [-0.39, 0.29) is 16.0 Å². The van der Waals surface area contributed by atoms with Crippen LogP contribution in [0.3, 0.4) is 0 Å². The van der Waals surface area contributed by atoms with Gasteiger partial charge in [0.1, 0.15) is 21.1 Å². The second-order valence-corrected chi connectivity index (χ2v) is 5.11. The molecular formula is C10H22NO3+. The first-order chi connectivity index (χ1) is 6.16. The Balaban J connectivity index is 3.89. The van der Waals surface area contributed by atoms with E-state index >= 15 is 0 Å². The van der Waals surface area contributed by atoms with Crippen molar-refractivity contribution in [2.45, 2.75) is 33.6 Å². The summed E-state index contributed by atoms with van der Waals surface area (Å²) in [5.41, 5.74) is -0.0225. The first-order valence-electron chi connectivity index (χ1n) is 4.87. The van der Waals surface area contributed by atoms with Crippen molar-refractivity contribution < 1.29 is 19.3 Å². The lowest BCUT2D eigenvalue weighted by Gasteiger charge is -2.22. The summed E-state index contributed by atoms with van der Waals surface area (Å²) >= 11 is 0. The molecule has 0 fully saturated rings. The maximum Gasteiger partial charge on any atom is 0.348 e. The van der Waals surface area contributed by atoms with Crippen molar-refractivity contribution in [1.29, 1.82) is 0 Å². The highest BCUT2D eigenvalue weighted by molar-refractivity contribution is 5.69. The van der Waals surface area contributed by atoms with Gasteiger partial charge in [0.25, 0.3) is 0 Å². The SMILES string of the molecule is CCC(C)(C)CC(=O)OO[N+](C)(C)C. The molecule has 0 rings (SSSR count). The number of rotatable bonds is 5. The molecule has 84 valence electrons. The lowest BCUT2D eigenvalue weighted by Crippen LogP contribution is -2.35. The summed E-state index contributed by atoms with van der Waals surface area (Å²) in [5.74, 6) is -0.315. The Labute approximate surface area is 86.3 Å². The number of hydrogen-bond acceptors (Lipinski definition) is 3. The molecule has 0 aromatic rings. The molecule has 0 heterocycles. The highest BCUT2D eigenvalue weighted by atomic mass is 17.3. The first kappa shape index (κ1) is 13.4. The maximum absolute atomic E-state index is 11.3. The van der Waals surface area contributed by atoms with Gasteiger partial charge in [-0.15, -0.1) is 4.65 Å². The molecule has 0 aliphatic heterocycles. The second kappa shape index (κ2) is 4.75. The summed E-state index contributed by atoms with van der Waals surface area (Å²) in [4.78, 5) is 20.9. The molecule has 0 bridgehead atoms. The minimum absolute atomic E-state index is 0.0225. The molecular weight excluding hydrogens is 182 g/mol. The normalized spacial score (nSPS) is 12.7. The average Bonchev–Trinajstić information content (AvgIpc) is 1.99. The molecule has 0 atom stereocenters. The zero-order chi connectivity index (χ0) is 11.4. The topological polar surface area (TPSA) is 35.5 Å². The van der Waals surface area contributed by atoms with Crippen molar-refractivity contribution in [2.75, 3.05) is 21.1 Å². The van der Waals surface area contributed by atoms with Gasteiger partial charge in [0.05, 0.1) is 6.42 Å². The summed E-state index contributed by atoms with van der Waals surface area (Å²) in [6.07, 6.45) is 1.32. The fraction of sp³-hybridized carbons (Fsp3) is 0.900. The lowest BCUT2D eigenvalue weighted by molar-refractivity contribution is -1.11. The van der Waals surface area contributed by atoms with Crippen LogP contribution in [-0.4, -0.2) is 31.8 Å². The maximum atomic E-state index is 11.3. The van der Waals surface area contributed by atoms with Crippen LogP contribution in [0.5, 0.6) is 0 Å². The summed E-state index contributed by atoms with van der Waals surface area (Å²) in [5, 5.41) is 0. The predicted octanol–water partition coefficient (Wildman–Crippen LogP) is 1.91. The van der Waals surface area contributed by atoms with Crippen molar-refractivity contribution in [3.63, 3.8) is 0 Å². The van der Waals surface area contributed by atoms with E-state index in [0.717, 1.165) is 6.42 Å². The smallest absolute Gasteiger partial charge is 0.250 e. The van der Waals surface area contributed by atoms with Gasteiger partial charge in [0, 0.05) is 4.99 Å². The van der Waals surface area contributed by atoms with Crippen LogP contribution in [0.4, 0.5) is 0 Å². The van der Waals surface area contributed by atoms with Gasteiger partial charge in [-0.3, -0.25) is 4.89 Å². The molecule has 0 aliphatic rings. The molecule has 0 spiro atoms. The Morgan fingerprint density at radius 3 is 2.14 bits per heavy atom. The van der Waals surface area contributed by atoms with Gasteiger partial charge in [-0.2, -0.15) is 0 Å². The Morgan fingerprint density at radius 2 is 1.79 bits per heavy atom. The summed E-state index contributed by atoms with van der Waals surface area (Å²) in [6, 6.07) is 0. The molecule has 0 aromatic heterocycles. The predicted molar refractivity (Wildman–Crippen MR) is 53.9 cm³/mol. The van der Waals surface area contributed by atoms with Gasteiger partial charge in [0.15, 0.2) is 0 Å². The Morgan fingerprint density at radius 1 is 1.29 bits per heavy atom. The molecule has 0 radical (unpaired) electrons. The second-order valence-electron chi connectivity index (χ2n) is 5.11. The van der Waals surface area contributed by atoms with Gasteiger partial charge >= 0.3 is 5.97 Å². The van der Waals surface area contributed by atoms with Crippen molar-refractivity contribution >= 4 is 5.97 Å². The number of hydrogen-bond donors (Lipinski definition) is 0. The van der Waals surface area contributed by atoms with E-state index in [1.807, 2.05) is 20.8 Å². The molecule has 0 aliphatic carbocycles. The van der Waals surface area contributed by atoms with E-state index in [2.05, 4.69) is 4.89 Å². The fourth-order valence-corrected chi connectivity index (χ4v) is 0.699. The van der Waals surface area contributed by atoms with Gasteiger partial charge in [0.2, 0.25) is 0 Å². The summed E-state index contributed by atoms with van der Waals surface area (Å²) in [7, 11) is 5.33. The standard InChI is InChI=1S/C10H22NO3/c1-7-10(2,3)8-9(12)13-14-11(4,5)6/h7-8H2,1-6H3/q+1. The summed E-state index contributed by atoms with van der Waals surface area (Å²) in [6.45, 7) is 6.11. The molecule has 0 N–H and O–H groups in total. The van der Waals surface area contributed by atoms with Gasteiger partial charge < -0.3 is 0 Å². The minimum atomic E-state index is -0.315. The van der Waals surface area contributed by atoms with Crippen LogP contribution >= 0.6 is 0 Å². The third-order valence-corrected chi connectivity index (χ3v) is 1.93. The zero-order valence-corrected chi connectivity index (χ0v) is 10.1. The van der Waals surface area contributed by atoms with Crippen molar-refractivity contribution in [2.24, 2.45) is 5.41 Å². The summed E-state index contributed by atoms with van der Waals surface area (Å²) < 4.78 is 0.151. The number of nitrogens with zero attached hydrogens (tertiary/aromatic N) is 1. The Kier molecular flexibility index (Phi) is 4.55. The third-order valence-electron chi connectivity index (χ3n) is 1.93. The fourth-order valence-electron chi connectivity index (χ4n) is 0.699. The highest BCUT2D eigenvalue weighted by Gasteiger charge is 2.23. The molecule has 14 heavy (non-hydrogen) atoms. The molecule has 0 unspecified atom stereocenters. The quantitative estimate of drug-likeness (QED) is 0.390. The van der Waals surface area contributed by atoms with E-state index in [9.17, 15) is 4.79 Å². The van der Waals surface area contributed by atoms with Crippen LogP contribution in [0.1, 0.15) is 33.6 Å².